The molecule has 1 aromatic carbocycles. The average molecular weight is 231 g/mol. The molecule has 0 aliphatic heterocycles. The highest BCUT2D eigenvalue weighted by Crippen LogP contribution is 2.53. The van der Waals surface area contributed by atoms with Crippen molar-refractivity contribution >= 4 is 11.6 Å². The van der Waals surface area contributed by atoms with E-state index in [2.05, 4.69) is 0 Å². The zero-order chi connectivity index (χ0) is 11.1. The van der Waals surface area contributed by atoms with Crippen LogP contribution in [0.5, 0.6) is 0 Å². The molecule has 0 saturated heterocycles. The van der Waals surface area contributed by atoms with Gasteiger partial charge >= 0.3 is 0 Å². The van der Waals surface area contributed by atoms with Gasteiger partial charge in [-0.1, -0.05) is 25.1 Å². The smallest absolute Gasteiger partial charge is 0.126 e. The molecule has 0 amide bonds. The molecule has 0 nitrogen and oxygen atoms in total. The molecular weight excluding hydrogens is 218 g/mol. The van der Waals surface area contributed by atoms with Crippen molar-refractivity contribution in [1.82, 2.24) is 0 Å². The lowest BCUT2D eigenvalue weighted by atomic mass is 9.97. The van der Waals surface area contributed by atoms with Crippen LogP contribution in [0.25, 0.3) is 0 Å². The Morgan fingerprint density at radius 1 is 1.53 bits per heavy atom. The minimum atomic E-state index is -0.827. The molecule has 1 saturated carbocycles. The van der Waals surface area contributed by atoms with Crippen LogP contribution in [0.4, 0.5) is 8.78 Å². The summed E-state index contributed by atoms with van der Waals surface area (Å²) in [4.78, 5) is 0. The Hall–Kier alpha value is -0.630. The first-order valence-electron chi connectivity index (χ1n) is 5.05. The van der Waals surface area contributed by atoms with Gasteiger partial charge in [-0.15, -0.1) is 11.6 Å². The molecule has 2 rings (SSSR count). The molecule has 3 unspecified atom stereocenters. The Morgan fingerprint density at radius 3 is 2.67 bits per heavy atom. The maximum atomic E-state index is 13.3. The average Bonchev–Trinajstić information content (AvgIpc) is 2.80. The highest BCUT2D eigenvalue weighted by atomic mass is 35.5. The lowest BCUT2D eigenvalue weighted by Crippen LogP contribution is -2.18. The van der Waals surface area contributed by atoms with Crippen LogP contribution >= 0.6 is 11.6 Å². The molecule has 3 atom stereocenters. The molecular formula is C12H13ClF2. The van der Waals surface area contributed by atoms with E-state index < -0.39 is 11.6 Å². The molecule has 0 aromatic heterocycles. The van der Waals surface area contributed by atoms with E-state index in [1.807, 2.05) is 6.92 Å². The Labute approximate surface area is 93.2 Å². The summed E-state index contributed by atoms with van der Waals surface area (Å²) in [7, 11) is 0. The SMILES string of the molecule is CC1(C(Cl)Cc2ccccc2F)CC1F. The van der Waals surface area contributed by atoms with Crippen molar-refractivity contribution in [3.63, 3.8) is 0 Å². The molecule has 1 fully saturated rings. The zero-order valence-corrected chi connectivity index (χ0v) is 9.27. The minimum absolute atomic E-state index is 0.261. The third kappa shape index (κ3) is 2.00. The van der Waals surface area contributed by atoms with Crippen molar-refractivity contribution in [3.8, 4) is 0 Å². The number of hydrogen-bond donors (Lipinski definition) is 0. The van der Waals surface area contributed by atoms with Crippen LogP contribution in [-0.4, -0.2) is 11.5 Å². The molecule has 0 spiro atoms. The first kappa shape index (κ1) is 10.9. The van der Waals surface area contributed by atoms with Gasteiger partial charge in [0.05, 0.1) is 0 Å². The van der Waals surface area contributed by atoms with Gasteiger partial charge in [-0.25, -0.2) is 8.78 Å². The fourth-order valence-electron chi connectivity index (χ4n) is 1.74. The third-order valence-electron chi connectivity index (χ3n) is 3.25. The van der Waals surface area contributed by atoms with Gasteiger partial charge in [0, 0.05) is 10.8 Å². The third-order valence-corrected chi connectivity index (χ3v) is 3.90. The fraction of sp³-hybridized carbons (Fsp3) is 0.500. The van der Waals surface area contributed by atoms with E-state index in [0.29, 0.717) is 18.4 Å². The van der Waals surface area contributed by atoms with Crippen molar-refractivity contribution in [2.75, 3.05) is 0 Å². The van der Waals surface area contributed by atoms with E-state index >= 15 is 0 Å². The first-order chi connectivity index (χ1) is 7.04. The maximum absolute atomic E-state index is 13.3. The van der Waals surface area contributed by atoms with E-state index in [9.17, 15) is 8.78 Å². The van der Waals surface area contributed by atoms with Gasteiger partial charge in [0.1, 0.15) is 12.0 Å². The van der Waals surface area contributed by atoms with Crippen LogP contribution in [0.1, 0.15) is 18.9 Å². The van der Waals surface area contributed by atoms with E-state index in [4.69, 9.17) is 11.6 Å². The molecule has 1 aliphatic carbocycles. The summed E-state index contributed by atoms with van der Waals surface area (Å²) in [6.07, 6.45) is 0.0626. The second-order valence-electron chi connectivity index (χ2n) is 4.44. The van der Waals surface area contributed by atoms with Gasteiger partial charge in [-0.3, -0.25) is 0 Å². The van der Waals surface area contributed by atoms with Crippen LogP contribution < -0.4 is 0 Å². The van der Waals surface area contributed by atoms with Gasteiger partial charge in [-0.05, 0) is 24.5 Å². The topological polar surface area (TPSA) is 0 Å². The second-order valence-corrected chi connectivity index (χ2v) is 4.97. The van der Waals surface area contributed by atoms with Crippen LogP contribution in [0, 0.1) is 11.2 Å². The van der Waals surface area contributed by atoms with Crippen molar-refractivity contribution in [2.24, 2.45) is 5.41 Å². The fourth-order valence-corrected chi connectivity index (χ4v) is 2.13. The van der Waals surface area contributed by atoms with Crippen molar-refractivity contribution in [3.05, 3.63) is 35.6 Å². The predicted octanol–water partition coefficient (Wildman–Crippen LogP) is 3.72. The molecule has 0 radical (unpaired) electrons. The van der Waals surface area contributed by atoms with Crippen LogP contribution in [0.2, 0.25) is 0 Å². The second kappa shape index (κ2) is 3.75. The number of alkyl halides is 2. The molecule has 3 heteroatoms. The van der Waals surface area contributed by atoms with Gasteiger partial charge in [0.2, 0.25) is 0 Å². The summed E-state index contributed by atoms with van der Waals surface area (Å²) in [5.41, 5.74) is 0.113. The van der Waals surface area contributed by atoms with Gasteiger partial charge < -0.3 is 0 Å². The standard InChI is InChI=1S/C12H13ClF2/c1-12(7-11(12)15)10(13)6-8-4-2-3-5-9(8)14/h2-5,10-11H,6-7H2,1H3. The largest absolute Gasteiger partial charge is 0.247 e. The lowest BCUT2D eigenvalue weighted by Gasteiger charge is -2.16. The number of rotatable bonds is 3. The van der Waals surface area contributed by atoms with Crippen LogP contribution in [-0.2, 0) is 6.42 Å². The quantitative estimate of drug-likeness (QED) is 0.695. The molecule has 0 N–H and O–H groups in total. The Morgan fingerprint density at radius 2 is 2.13 bits per heavy atom. The minimum Gasteiger partial charge on any atom is -0.247 e. The summed E-state index contributed by atoms with van der Waals surface area (Å²) in [5.74, 6) is -0.261. The summed E-state index contributed by atoms with van der Waals surface area (Å²) >= 11 is 6.11. The Balaban J connectivity index is 2.07. The van der Waals surface area contributed by atoms with E-state index in [-0.39, 0.29) is 11.2 Å². The first-order valence-corrected chi connectivity index (χ1v) is 5.49. The van der Waals surface area contributed by atoms with E-state index in [1.165, 1.54) is 6.07 Å². The van der Waals surface area contributed by atoms with Crippen molar-refractivity contribution in [2.45, 2.75) is 31.3 Å². The monoisotopic (exact) mass is 230 g/mol. The normalized spacial score (nSPS) is 31.3. The molecule has 0 bridgehead atoms. The van der Waals surface area contributed by atoms with Gasteiger partial charge in [0.15, 0.2) is 0 Å². The molecule has 1 aliphatic rings. The van der Waals surface area contributed by atoms with Gasteiger partial charge in [0.25, 0.3) is 0 Å². The van der Waals surface area contributed by atoms with Gasteiger partial charge in [-0.2, -0.15) is 0 Å². The highest BCUT2D eigenvalue weighted by Gasteiger charge is 2.55. The lowest BCUT2D eigenvalue weighted by molar-refractivity contribution is 0.364. The molecule has 82 valence electrons. The van der Waals surface area contributed by atoms with Crippen molar-refractivity contribution in [1.29, 1.82) is 0 Å². The summed E-state index contributed by atoms with van der Waals surface area (Å²) in [5, 5.41) is -0.329. The molecule has 1 aromatic rings. The number of benzene rings is 1. The maximum Gasteiger partial charge on any atom is 0.126 e. The summed E-state index contributed by atoms with van der Waals surface area (Å²) < 4.78 is 26.3. The number of hydrogen-bond acceptors (Lipinski definition) is 0. The van der Waals surface area contributed by atoms with Crippen LogP contribution in [0.15, 0.2) is 24.3 Å². The van der Waals surface area contributed by atoms with Crippen LogP contribution in [0.3, 0.4) is 0 Å². The zero-order valence-electron chi connectivity index (χ0n) is 8.51. The molecule has 15 heavy (non-hydrogen) atoms. The summed E-state index contributed by atoms with van der Waals surface area (Å²) in [6, 6.07) is 6.51. The summed E-state index contributed by atoms with van der Waals surface area (Å²) in [6.45, 7) is 1.82. The van der Waals surface area contributed by atoms with E-state index in [0.717, 1.165) is 0 Å². The highest BCUT2D eigenvalue weighted by molar-refractivity contribution is 6.21. The predicted molar refractivity (Wildman–Crippen MR) is 57.4 cm³/mol. The Kier molecular flexibility index (Phi) is 2.72. The van der Waals surface area contributed by atoms with E-state index in [1.54, 1.807) is 18.2 Å². The molecule has 0 heterocycles. The number of halogens is 3. The van der Waals surface area contributed by atoms with Crippen molar-refractivity contribution < 1.29 is 8.78 Å². The Bertz CT molecular complexity index is 366.